The van der Waals surface area contributed by atoms with E-state index in [1.54, 1.807) is 10.9 Å². The monoisotopic (exact) mass is 197 g/mol. The van der Waals surface area contributed by atoms with Crippen LogP contribution in [-0.2, 0) is 6.54 Å². The van der Waals surface area contributed by atoms with E-state index in [9.17, 15) is 4.79 Å². The summed E-state index contributed by atoms with van der Waals surface area (Å²) in [5.74, 6) is -0.196. The molecule has 6 nitrogen and oxygen atoms in total. The number of carbonyl (C=O) groups is 1. The van der Waals surface area contributed by atoms with Crippen LogP contribution in [0.5, 0.6) is 0 Å². The predicted octanol–water partition coefficient (Wildman–Crippen LogP) is -0.623. The van der Waals surface area contributed by atoms with Gasteiger partial charge < -0.3 is 11.1 Å². The number of carbonyl (C=O) groups excluding carboxylic acids is 1. The highest BCUT2D eigenvalue weighted by Gasteiger charge is 2.08. The zero-order valence-electron chi connectivity index (χ0n) is 8.23. The number of nitrogens with two attached hydrogens (primary N) is 1. The van der Waals surface area contributed by atoms with Crippen LogP contribution in [-0.4, -0.2) is 34.0 Å². The van der Waals surface area contributed by atoms with Crippen molar-refractivity contribution in [2.24, 2.45) is 5.73 Å². The molecular formula is C8H15N5O. The number of aryl methyl sites for hydroxylation is 1. The quantitative estimate of drug-likeness (QED) is 0.616. The molecule has 78 valence electrons. The van der Waals surface area contributed by atoms with Crippen LogP contribution < -0.4 is 11.1 Å². The van der Waals surface area contributed by atoms with E-state index in [0.29, 0.717) is 25.3 Å². The number of hydrogen-bond acceptors (Lipinski definition) is 4. The van der Waals surface area contributed by atoms with Gasteiger partial charge in [-0.05, 0) is 19.9 Å². The van der Waals surface area contributed by atoms with Crippen LogP contribution in [0.4, 0.5) is 0 Å². The number of amides is 1. The van der Waals surface area contributed by atoms with Gasteiger partial charge in [-0.2, -0.15) is 0 Å². The van der Waals surface area contributed by atoms with E-state index in [-0.39, 0.29) is 5.91 Å². The van der Waals surface area contributed by atoms with Gasteiger partial charge in [-0.25, -0.2) is 0 Å². The van der Waals surface area contributed by atoms with Crippen LogP contribution >= 0.6 is 0 Å². The summed E-state index contributed by atoms with van der Waals surface area (Å²) in [6, 6.07) is 0. The Hall–Kier alpha value is -1.43. The first-order valence-electron chi connectivity index (χ1n) is 4.66. The fourth-order valence-electron chi connectivity index (χ4n) is 0.952. The molecule has 1 rings (SSSR count). The van der Waals surface area contributed by atoms with Gasteiger partial charge in [0.1, 0.15) is 0 Å². The second-order valence-electron chi connectivity index (χ2n) is 2.86. The Balaban J connectivity index is 2.44. The first-order chi connectivity index (χ1) is 6.77. The SMILES string of the molecule is CCn1cc(C(=O)NCCCN)nn1. The van der Waals surface area contributed by atoms with Gasteiger partial charge in [0.2, 0.25) is 0 Å². The van der Waals surface area contributed by atoms with E-state index in [1.165, 1.54) is 0 Å². The molecular weight excluding hydrogens is 182 g/mol. The molecule has 0 atom stereocenters. The molecule has 0 aromatic carbocycles. The highest BCUT2D eigenvalue weighted by Crippen LogP contribution is 1.92. The molecule has 0 saturated heterocycles. The molecule has 1 aromatic heterocycles. The molecule has 1 amide bonds. The molecule has 0 spiro atoms. The molecule has 1 heterocycles. The Labute approximate surface area is 82.5 Å². The molecule has 0 aliphatic carbocycles. The third-order valence-electron chi connectivity index (χ3n) is 1.76. The number of rotatable bonds is 5. The van der Waals surface area contributed by atoms with E-state index < -0.39 is 0 Å². The third-order valence-corrected chi connectivity index (χ3v) is 1.76. The molecule has 0 radical (unpaired) electrons. The number of aromatic nitrogens is 3. The summed E-state index contributed by atoms with van der Waals surface area (Å²) in [4.78, 5) is 11.4. The van der Waals surface area contributed by atoms with Crippen molar-refractivity contribution >= 4 is 5.91 Å². The molecule has 0 unspecified atom stereocenters. The molecule has 0 aliphatic rings. The van der Waals surface area contributed by atoms with Crippen LogP contribution in [0, 0.1) is 0 Å². The summed E-state index contributed by atoms with van der Waals surface area (Å²) in [6.07, 6.45) is 2.39. The zero-order valence-corrected chi connectivity index (χ0v) is 8.23. The summed E-state index contributed by atoms with van der Waals surface area (Å²) in [5.41, 5.74) is 5.65. The maximum Gasteiger partial charge on any atom is 0.273 e. The van der Waals surface area contributed by atoms with E-state index in [4.69, 9.17) is 5.73 Å². The van der Waals surface area contributed by atoms with Crippen molar-refractivity contribution in [3.05, 3.63) is 11.9 Å². The maximum atomic E-state index is 11.4. The summed E-state index contributed by atoms with van der Waals surface area (Å²) >= 11 is 0. The minimum absolute atomic E-state index is 0.196. The summed E-state index contributed by atoms with van der Waals surface area (Å²) in [6.45, 7) is 3.80. The van der Waals surface area contributed by atoms with Gasteiger partial charge in [0.15, 0.2) is 5.69 Å². The van der Waals surface area contributed by atoms with Crippen molar-refractivity contribution < 1.29 is 4.79 Å². The third kappa shape index (κ3) is 2.81. The number of nitrogens with one attached hydrogen (secondary N) is 1. The zero-order chi connectivity index (χ0) is 10.4. The lowest BCUT2D eigenvalue weighted by Gasteiger charge is -1.99. The lowest BCUT2D eigenvalue weighted by Crippen LogP contribution is -2.26. The second kappa shape index (κ2) is 5.33. The molecule has 3 N–H and O–H groups in total. The molecule has 0 aliphatic heterocycles. The van der Waals surface area contributed by atoms with Crippen LogP contribution in [0.25, 0.3) is 0 Å². The van der Waals surface area contributed by atoms with Crippen LogP contribution in [0.1, 0.15) is 23.8 Å². The lowest BCUT2D eigenvalue weighted by molar-refractivity contribution is 0.0948. The average molecular weight is 197 g/mol. The highest BCUT2D eigenvalue weighted by atomic mass is 16.1. The van der Waals surface area contributed by atoms with Gasteiger partial charge in [-0.15, -0.1) is 5.10 Å². The number of nitrogens with zero attached hydrogens (tertiary/aromatic N) is 3. The maximum absolute atomic E-state index is 11.4. The second-order valence-corrected chi connectivity index (χ2v) is 2.86. The van der Waals surface area contributed by atoms with Crippen molar-refractivity contribution in [2.75, 3.05) is 13.1 Å². The van der Waals surface area contributed by atoms with E-state index in [2.05, 4.69) is 15.6 Å². The standard InChI is InChI=1S/C8H15N5O/c1-2-13-6-7(11-12-13)8(14)10-5-3-4-9/h6H,2-5,9H2,1H3,(H,10,14). The Morgan fingerprint density at radius 1 is 1.71 bits per heavy atom. The van der Waals surface area contributed by atoms with Gasteiger partial charge in [0, 0.05) is 13.1 Å². The first kappa shape index (κ1) is 10.6. The molecule has 0 bridgehead atoms. The van der Waals surface area contributed by atoms with Crippen LogP contribution in [0.2, 0.25) is 0 Å². The smallest absolute Gasteiger partial charge is 0.273 e. The Kier molecular flexibility index (Phi) is 4.06. The van der Waals surface area contributed by atoms with Gasteiger partial charge in [-0.1, -0.05) is 5.21 Å². The molecule has 0 fully saturated rings. The topological polar surface area (TPSA) is 85.8 Å². The molecule has 6 heteroatoms. The van der Waals surface area contributed by atoms with Gasteiger partial charge in [-0.3, -0.25) is 9.48 Å². The average Bonchev–Trinajstić information content (AvgIpc) is 2.66. The fourth-order valence-corrected chi connectivity index (χ4v) is 0.952. The Morgan fingerprint density at radius 3 is 3.07 bits per heavy atom. The Bertz CT molecular complexity index is 296. The van der Waals surface area contributed by atoms with Crippen molar-refractivity contribution in [1.29, 1.82) is 0 Å². The molecule has 0 saturated carbocycles. The van der Waals surface area contributed by atoms with Crippen molar-refractivity contribution in [1.82, 2.24) is 20.3 Å². The van der Waals surface area contributed by atoms with Crippen molar-refractivity contribution in [3.63, 3.8) is 0 Å². The fraction of sp³-hybridized carbons (Fsp3) is 0.625. The summed E-state index contributed by atoms with van der Waals surface area (Å²) < 4.78 is 1.61. The predicted molar refractivity (Wildman–Crippen MR) is 51.7 cm³/mol. The van der Waals surface area contributed by atoms with Gasteiger partial charge >= 0.3 is 0 Å². The van der Waals surface area contributed by atoms with Crippen LogP contribution in [0.3, 0.4) is 0 Å². The highest BCUT2D eigenvalue weighted by molar-refractivity contribution is 5.91. The van der Waals surface area contributed by atoms with Crippen molar-refractivity contribution in [3.8, 4) is 0 Å². The molecule has 14 heavy (non-hydrogen) atoms. The minimum atomic E-state index is -0.196. The normalized spacial score (nSPS) is 10.1. The summed E-state index contributed by atoms with van der Waals surface area (Å²) in [5, 5.41) is 10.2. The minimum Gasteiger partial charge on any atom is -0.351 e. The van der Waals surface area contributed by atoms with E-state index in [0.717, 1.165) is 6.42 Å². The number of hydrogen-bond donors (Lipinski definition) is 2. The Morgan fingerprint density at radius 2 is 2.50 bits per heavy atom. The van der Waals surface area contributed by atoms with E-state index in [1.807, 2.05) is 6.92 Å². The lowest BCUT2D eigenvalue weighted by atomic mass is 10.4. The van der Waals surface area contributed by atoms with Crippen LogP contribution in [0.15, 0.2) is 6.20 Å². The first-order valence-corrected chi connectivity index (χ1v) is 4.66. The molecule has 1 aromatic rings. The summed E-state index contributed by atoms with van der Waals surface area (Å²) in [7, 11) is 0. The van der Waals surface area contributed by atoms with Gasteiger partial charge in [0.05, 0.1) is 6.20 Å². The van der Waals surface area contributed by atoms with Gasteiger partial charge in [0.25, 0.3) is 5.91 Å². The largest absolute Gasteiger partial charge is 0.351 e. The van der Waals surface area contributed by atoms with Crippen molar-refractivity contribution in [2.45, 2.75) is 19.9 Å². The van der Waals surface area contributed by atoms with E-state index >= 15 is 0 Å².